The summed E-state index contributed by atoms with van der Waals surface area (Å²) < 4.78 is 25.6. The topological polar surface area (TPSA) is 38.7 Å². The third-order valence-corrected chi connectivity index (χ3v) is 2.84. The van der Waals surface area contributed by atoms with Crippen LogP contribution in [0.1, 0.15) is 18.5 Å². The van der Waals surface area contributed by atoms with E-state index in [1.165, 1.54) is 6.20 Å². The molecule has 0 amide bonds. The van der Waals surface area contributed by atoms with Crippen LogP contribution in [0.25, 0.3) is 0 Å². The highest BCUT2D eigenvalue weighted by Crippen LogP contribution is 2.25. The minimum atomic E-state index is -1.20. The molecular weight excluding hydrogens is 288 g/mol. The second kappa shape index (κ2) is 6.32. The molecule has 0 aliphatic heterocycles. The van der Waals surface area contributed by atoms with Crippen LogP contribution in [-0.4, -0.2) is 25.8 Å². The van der Waals surface area contributed by atoms with Crippen molar-refractivity contribution < 1.29 is 8.78 Å². The maximum Gasteiger partial charge on any atom is 0.212 e. The monoisotopic (exact) mass is 297 g/mol. The molecule has 0 fully saturated rings. The number of hydrogen-bond donors (Lipinski definition) is 0. The molecule has 1 rings (SSSR count). The Labute approximate surface area is 99.2 Å². The van der Waals surface area contributed by atoms with Gasteiger partial charge in [-0.05, 0) is 31.5 Å². The van der Waals surface area contributed by atoms with E-state index in [0.29, 0.717) is 5.69 Å². The summed E-state index contributed by atoms with van der Waals surface area (Å²) >= 11 is 3.57. The second-order valence-corrected chi connectivity index (χ2v) is 4.98. The number of thioether (sulfide) groups is 1. The van der Waals surface area contributed by atoms with Crippen molar-refractivity contribution >= 4 is 27.7 Å². The molecule has 7 heteroatoms. The van der Waals surface area contributed by atoms with E-state index < -0.39 is 10.6 Å². The number of nitrogens with zero attached hydrogens (tertiary/aromatic N) is 3. The van der Waals surface area contributed by atoms with Crippen LogP contribution in [0.15, 0.2) is 11.4 Å². The largest absolute Gasteiger partial charge is 0.235 e. The Morgan fingerprint density at radius 3 is 2.80 bits per heavy atom. The van der Waals surface area contributed by atoms with E-state index >= 15 is 0 Å². The first kappa shape index (κ1) is 12.8. The fourth-order valence-electron chi connectivity index (χ4n) is 0.844. The molecule has 0 N–H and O–H groups in total. The summed E-state index contributed by atoms with van der Waals surface area (Å²) in [6, 6.07) is 0. The van der Waals surface area contributed by atoms with E-state index in [2.05, 4.69) is 31.1 Å². The fourth-order valence-corrected chi connectivity index (χ4v) is 1.88. The Hall–Kier alpha value is -0.300. The zero-order chi connectivity index (χ0) is 11.3. The molecule has 2 atom stereocenters. The molecule has 0 spiro atoms. The van der Waals surface area contributed by atoms with Gasteiger partial charge in [-0.3, -0.25) is 0 Å². The van der Waals surface area contributed by atoms with Crippen LogP contribution in [0, 0.1) is 6.92 Å². The summed E-state index contributed by atoms with van der Waals surface area (Å²) in [7, 11) is 0. The van der Waals surface area contributed by atoms with Gasteiger partial charge in [0.15, 0.2) is 10.6 Å². The zero-order valence-corrected chi connectivity index (χ0v) is 10.4. The highest BCUT2D eigenvalue weighted by Gasteiger charge is 2.13. The highest BCUT2D eigenvalue weighted by molar-refractivity contribution is 9.09. The standard InChI is InChI=1S/C8H10BrF2N3S/c1-5-4-12-14-8(13-5)15-7(11)3-2-6(9)10/h4,6-7H,2-3H2,1H3. The molecule has 0 bridgehead atoms. The molecule has 84 valence electrons. The number of halogens is 3. The van der Waals surface area contributed by atoms with Crippen LogP contribution in [-0.2, 0) is 0 Å². The number of rotatable bonds is 5. The van der Waals surface area contributed by atoms with Crippen molar-refractivity contribution in [2.75, 3.05) is 0 Å². The van der Waals surface area contributed by atoms with E-state index in [1.807, 2.05) is 0 Å². The SMILES string of the molecule is Cc1cnnc(SC(F)CCC(F)Br)n1. The molecule has 0 radical (unpaired) electrons. The summed E-state index contributed by atoms with van der Waals surface area (Å²) in [6.45, 7) is 1.75. The van der Waals surface area contributed by atoms with Crippen LogP contribution in [0.2, 0.25) is 0 Å². The van der Waals surface area contributed by atoms with Gasteiger partial charge in [-0.15, -0.1) is 5.10 Å². The lowest BCUT2D eigenvalue weighted by atomic mass is 10.4. The van der Waals surface area contributed by atoms with Crippen molar-refractivity contribution in [3.8, 4) is 0 Å². The van der Waals surface area contributed by atoms with Gasteiger partial charge in [0, 0.05) is 0 Å². The summed E-state index contributed by atoms with van der Waals surface area (Å²) in [4.78, 5) is 3.98. The molecule has 15 heavy (non-hydrogen) atoms. The number of aryl methyl sites for hydroxylation is 1. The lowest BCUT2D eigenvalue weighted by Crippen LogP contribution is -2.01. The summed E-state index contributed by atoms with van der Waals surface area (Å²) in [5, 5.41) is 6.44. The first-order chi connectivity index (χ1) is 7.08. The van der Waals surface area contributed by atoms with E-state index in [1.54, 1.807) is 6.92 Å². The van der Waals surface area contributed by atoms with Crippen molar-refractivity contribution in [3.05, 3.63) is 11.9 Å². The second-order valence-electron chi connectivity index (χ2n) is 2.88. The third kappa shape index (κ3) is 5.36. The average Bonchev–Trinajstić information content (AvgIpc) is 2.15. The predicted molar refractivity (Wildman–Crippen MR) is 58.4 cm³/mol. The average molecular weight is 298 g/mol. The molecule has 0 saturated carbocycles. The van der Waals surface area contributed by atoms with Gasteiger partial charge in [0.05, 0.1) is 11.9 Å². The van der Waals surface area contributed by atoms with Crippen LogP contribution in [0.4, 0.5) is 8.78 Å². The first-order valence-corrected chi connectivity index (χ1v) is 6.12. The Kier molecular flexibility index (Phi) is 5.38. The van der Waals surface area contributed by atoms with Gasteiger partial charge in [-0.1, -0.05) is 15.9 Å². The number of aromatic nitrogens is 3. The Morgan fingerprint density at radius 2 is 2.20 bits per heavy atom. The minimum Gasteiger partial charge on any atom is -0.235 e. The lowest BCUT2D eigenvalue weighted by molar-refractivity contribution is 0.367. The summed E-state index contributed by atoms with van der Waals surface area (Å²) in [5.41, 5.74) is -0.520. The van der Waals surface area contributed by atoms with E-state index in [0.717, 1.165) is 11.8 Å². The van der Waals surface area contributed by atoms with Crippen molar-refractivity contribution in [1.82, 2.24) is 15.2 Å². The molecule has 1 heterocycles. The molecule has 1 aromatic rings. The maximum atomic E-state index is 13.2. The van der Waals surface area contributed by atoms with Crippen molar-refractivity contribution in [3.63, 3.8) is 0 Å². The fraction of sp³-hybridized carbons (Fsp3) is 0.625. The molecule has 0 saturated heterocycles. The molecule has 3 nitrogen and oxygen atoms in total. The predicted octanol–water partition coefficient (Wildman–Crippen LogP) is 3.04. The van der Waals surface area contributed by atoms with E-state index in [9.17, 15) is 8.78 Å². The maximum absolute atomic E-state index is 13.2. The molecule has 1 aromatic heterocycles. The van der Waals surface area contributed by atoms with Crippen molar-refractivity contribution in [1.29, 1.82) is 0 Å². The Balaban J connectivity index is 2.40. The Bertz CT molecular complexity index is 314. The van der Waals surface area contributed by atoms with Crippen molar-refractivity contribution in [2.24, 2.45) is 0 Å². The molecule has 2 unspecified atom stereocenters. The smallest absolute Gasteiger partial charge is 0.212 e. The molecular formula is C8H10BrF2N3S. The van der Waals surface area contributed by atoms with Gasteiger partial charge in [-0.25, -0.2) is 13.8 Å². The van der Waals surface area contributed by atoms with Gasteiger partial charge < -0.3 is 0 Å². The normalized spacial score (nSPS) is 14.9. The third-order valence-electron chi connectivity index (χ3n) is 1.50. The van der Waals surface area contributed by atoms with Gasteiger partial charge in [0.2, 0.25) is 5.16 Å². The minimum absolute atomic E-state index is 0.119. The van der Waals surface area contributed by atoms with Crippen LogP contribution in [0.3, 0.4) is 0 Å². The molecule has 0 aliphatic carbocycles. The summed E-state index contributed by atoms with van der Waals surface area (Å²) in [6.07, 6.45) is 1.75. The number of alkyl halides is 3. The van der Waals surface area contributed by atoms with E-state index in [4.69, 9.17) is 0 Å². The van der Waals surface area contributed by atoms with E-state index in [-0.39, 0.29) is 18.0 Å². The van der Waals surface area contributed by atoms with Crippen LogP contribution in [0.5, 0.6) is 0 Å². The quantitative estimate of drug-likeness (QED) is 0.618. The van der Waals surface area contributed by atoms with Crippen LogP contribution < -0.4 is 0 Å². The highest BCUT2D eigenvalue weighted by atomic mass is 79.9. The number of hydrogen-bond acceptors (Lipinski definition) is 4. The lowest BCUT2D eigenvalue weighted by Gasteiger charge is -2.06. The van der Waals surface area contributed by atoms with Gasteiger partial charge in [0.25, 0.3) is 0 Å². The van der Waals surface area contributed by atoms with Gasteiger partial charge >= 0.3 is 0 Å². The van der Waals surface area contributed by atoms with Gasteiger partial charge in [-0.2, -0.15) is 5.10 Å². The Morgan fingerprint density at radius 1 is 1.47 bits per heavy atom. The van der Waals surface area contributed by atoms with Gasteiger partial charge in [0.1, 0.15) is 0 Å². The molecule has 0 aliphatic rings. The van der Waals surface area contributed by atoms with Crippen LogP contribution >= 0.6 is 27.7 Å². The first-order valence-electron chi connectivity index (χ1n) is 4.33. The molecule has 0 aromatic carbocycles. The summed E-state index contributed by atoms with van der Waals surface area (Å²) in [5.74, 6) is 0. The zero-order valence-electron chi connectivity index (χ0n) is 8.03. The van der Waals surface area contributed by atoms with Crippen molar-refractivity contribution in [2.45, 2.75) is 35.5 Å².